The third kappa shape index (κ3) is 5.21. The minimum atomic E-state index is -0.228. The fourth-order valence-electron chi connectivity index (χ4n) is 6.51. The zero-order chi connectivity index (χ0) is 31.9. The summed E-state index contributed by atoms with van der Waals surface area (Å²) in [4.78, 5) is 40.6. The van der Waals surface area contributed by atoms with Gasteiger partial charge in [0.25, 0.3) is 11.8 Å². The average molecular weight is 622 g/mol. The van der Waals surface area contributed by atoms with Crippen LogP contribution in [-0.2, 0) is 11.2 Å². The number of aryl methyl sites for hydroxylation is 1. The first-order valence-electron chi connectivity index (χ1n) is 15.7. The molecule has 0 bridgehead atoms. The molecule has 47 heavy (non-hydrogen) atoms. The van der Waals surface area contributed by atoms with Gasteiger partial charge in [-0.2, -0.15) is 5.10 Å². The van der Waals surface area contributed by atoms with Crippen LogP contribution in [0.5, 0.6) is 0 Å². The summed E-state index contributed by atoms with van der Waals surface area (Å²) >= 11 is 0. The maximum absolute atomic E-state index is 13.6. The molecule has 4 aromatic heterocycles. The number of carbonyl (C=O) groups is 2. The first-order valence-corrected chi connectivity index (χ1v) is 15.7. The smallest absolute Gasteiger partial charge is 0.253 e. The van der Waals surface area contributed by atoms with Crippen molar-refractivity contribution in [2.75, 3.05) is 11.1 Å². The van der Waals surface area contributed by atoms with Crippen LogP contribution in [0.15, 0.2) is 103 Å². The molecule has 0 spiro atoms. The van der Waals surface area contributed by atoms with Crippen molar-refractivity contribution >= 4 is 34.5 Å². The second-order valence-corrected chi connectivity index (χ2v) is 11.7. The molecule has 232 valence electrons. The molecule has 6 aromatic rings. The lowest BCUT2D eigenvalue weighted by Crippen LogP contribution is -2.28. The number of pyridine rings is 2. The van der Waals surface area contributed by atoms with E-state index in [9.17, 15) is 9.59 Å². The van der Waals surface area contributed by atoms with Gasteiger partial charge in [-0.05, 0) is 97.8 Å². The molecular weight excluding hydrogens is 590 g/mol. The van der Waals surface area contributed by atoms with Gasteiger partial charge < -0.3 is 16.4 Å². The number of para-hydroxylation sites is 1. The predicted molar refractivity (Wildman–Crippen MR) is 179 cm³/mol. The molecular formula is C36H31N9O2. The van der Waals surface area contributed by atoms with Crippen LogP contribution in [0.3, 0.4) is 0 Å². The van der Waals surface area contributed by atoms with Gasteiger partial charge in [0.2, 0.25) is 0 Å². The molecule has 0 saturated heterocycles. The topological polar surface area (TPSA) is 146 Å². The monoisotopic (exact) mass is 621 g/mol. The van der Waals surface area contributed by atoms with Gasteiger partial charge in [0.05, 0.1) is 22.9 Å². The Morgan fingerprint density at radius 3 is 2.66 bits per heavy atom. The Bertz CT molecular complexity index is 2200. The van der Waals surface area contributed by atoms with Crippen molar-refractivity contribution in [3.63, 3.8) is 0 Å². The number of hydrogen-bond donors (Lipinski definition) is 3. The molecule has 4 heterocycles. The van der Waals surface area contributed by atoms with Crippen molar-refractivity contribution < 1.29 is 9.59 Å². The summed E-state index contributed by atoms with van der Waals surface area (Å²) in [5.41, 5.74) is 13.2. The van der Waals surface area contributed by atoms with E-state index in [1.54, 1.807) is 29.2 Å². The first kappa shape index (κ1) is 28.4. The number of imidazole rings is 1. The number of amides is 2. The summed E-state index contributed by atoms with van der Waals surface area (Å²) in [5, 5.41) is 10.5. The van der Waals surface area contributed by atoms with E-state index >= 15 is 0 Å². The van der Waals surface area contributed by atoms with Crippen molar-refractivity contribution in [2.45, 2.75) is 38.1 Å². The van der Waals surface area contributed by atoms with E-state index < -0.39 is 0 Å². The maximum atomic E-state index is 13.6. The van der Waals surface area contributed by atoms with E-state index in [0.717, 1.165) is 54.5 Å². The number of allylic oxidation sites excluding steroid dienone is 1. The number of carbonyl (C=O) groups excluding carboxylic acids is 2. The van der Waals surface area contributed by atoms with Gasteiger partial charge in [-0.15, -0.1) is 0 Å². The van der Waals surface area contributed by atoms with Crippen LogP contribution in [0, 0.1) is 0 Å². The fourth-order valence-corrected chi connectivity index (χ4v) is 6.51. The molecule has 0 radical (unpaired) electrons. The Hall–Kier alpha value is -6.10. The quantitative estimate of drug-likeness (QED) is 0.207. The summed E-state index contributed by atoms with van der Waals surface area (Å²) in [6.07, 6.45) is 11.4. The Morgan fingerprint density at radius 1 is 0.915 bits per heavy atom. The van der Waals surface area contributed by atoms with Crippen LogP contribution >= 0.6 is 0 Å². The van der Waals surface area contributed by atoms with Crippen molar-refractivity contribution in [1.29, 1.82) is 0 Å². The van der Waals surface area contributed by atoms with Gasteiger partial charge in [0, 0.05) is 29.9 Å². The minimum Gasteiger partial charge on any atom is -0.383 e. The maximum Gasteiger partial charge on any atom is 0.253 e. The highest BCUT2D eigenvalue weighted by molar-refractivity contribution is 6.09. The lowest BCUT2D eigenvalue weighted by molar-refractivity contribution is -0.112. The number of nitrogens with zero attached hydrogens (tertiary/aromatic N) is 6. The highest BCUT2D eigenvalue weighted by atomic mass is 16.2. The van der Waals surface area contributed by atoms with Crippen LogP contribution in [0.2, 0.25) is 0 Å². The number of anilines is 2. The second kappa shape index (κ2) is 11.7. The number of aromatic nitrogens is 6. The van der Waals surface area contributed by atoms with E-state index in [1.807, 2.05) is 65.4 Å². The third-order valence-corrected chi connectivity index (χ3v) is 8.83. The Kier molecular flexibility index (Phi) is 7.05. The lowest BCUT2D eigenvalue weighted by Gasteiger charge is -2.17. The van der Waals surface area contributed by atoms with E-state index in [2.05, 4.69) is 32.8 Å². The molecule has 2 amide bonds. The van der Waals surface area contributed by atoms with Gasteiger partial charge in [0.1, 0.15) is 11.3 Å². The van der Waals surface area contributed by atoms with Crippen LogP contribution in [0.1, 0.15) is 53.2 Å². The summed E-state index contributed by atoms with van der Waals surface area (Å²) in [5.74, 6) is 1.29. The van der Waals surface area contributed by atoms with Crippen molar-refractivity contribution in [2.24, 2.45) is 0 Å². The number of nitrogen functional groups attached to an aromatic ring is 1. The standard InChI is InChI=1S/C36H31N9O2/c37-32-27(10-5-18-38-32)33-40-30-16-17-31(44-20-6-19-39-44)43-34(30)45(33)24-13-14-25-23(21-24)12-15-29(25)42-36(47)26-9-3-4-11-28(26)41-35(46)22-7-1-2-8-22/h3-7,9-11,13-14,16-21,29H,1-2,8,12,15H2,(H2,37,38)(H,41,46)(H,42,47)/t29-/m0/s1. The van der Waals surface area contributed by atoms with Crippen molar-refractivity contribution in [3.05, 3.63) is 120 Å². The molecule has 2 aromatic carbocycles. The number of hydrogen-bond acceptors (Lipinski definition) is 7. The number of nitrogens with one attached hydrogen (secondary N) is 2. The Morgan fingerprint density at radius 2 is 1.83 bits per heavy atom. The van der Waals surface area contributed by atoms with Gasteiger partial charge in [-0.3, -0.25) is 14.2 Å². The van der Waals surface area contributed by atoms with Crippen molar-refractivity contribution in [1.82, 2.24) is 34.6 Å². The molecule has 0 unspecified atom stereocenters. The van der Waals surface area contributed by atoms with Crippen LogP contribution in [-0.4, -0.2) is 41.1 Å². The third-order valence-electron chi connectivity index (χ3n) is 8.83. The number of rotatable bonds is 7. The Labute approximate surface area is 270 Å². The van der Waals surface area contributed by atoms with Gasteiger partial charge in [-0.1, -0.05) is 24.3 Å². The van der Waals surface area contributed by atoms with Crippen molar-refractivity contribution in [3.8, 4) is 22.9 Å². The molecule has 1 atom stereocenters. The molecule has 11 heteroatoms. The minimum absolute atomic E-state index is 0.146. The molecule has 11 nitrogen and oxygen atoms in total. The highest BCUT2D eigenvalue weighted by Crippen LogP contribution is 2.36. The van der Waals surface area contributed by atoms with Crippen LogP contribution < -0.4 is 16.4 Å². The normalized spacial score (nSPS) is 15.4. The highest BCUT2D eigenvalue weighted by Gasteiger charge is 2.27. The zero-order valence-corrected chi connectivity index (χ0v) is 25.4. The van der Waals surface area contributed by atoms with E-state index in [0.29, 0.717) is 45.4 Å². The van der Waals surface area contributed by atoms with Gasteiger partial charge in [-0.25, -0.2) is 19.6 Å². The van der Waals surface area contributed by atoms with E-state index in [4.69, 9.17) is 15.7 Å². The molecule has 0 fully saturated rings. The molecule has 0 saturated carbocycles. The molecule has 0 aliphatic heterocycles. The van der Waals surface area contributed by atoms with E-state index in [1.165, 1.54) is 0 Å². The molecule has 8 rings (SSSR count). The largest absolute Gasteiger partial charge is 0.383 e. The summed E-state index contributed by atoms with van der Waals surface area (Å²) in [6.45, 7) is 0. The average Bonchev–Trinajstić information content (AvgIpc) is 3.92. The predicted octanol–water partition coefficient (Wildman–Crippen LogP) is 5.72. The lowest BCUT2D eigenvalue weighted by atomic mass is 10.1. The van der Waals surface area contributed by atoms with Gasteiger partial charge >= 0.3 is 0 Å². The first-order chi connectivity index (χ1) is 23.0. The zero-order valence-electron chi connectivity index (χ0n) is 25.4. The number of fused-ring (bicyclic) bond motifs is 2. The summed E-state index contributed by atoms with van der Waals surface area (Å²) < 4.78 is 3.71. The summed E-state index contributed by atoms with van der Waals surface area (Å²) in [7, 11) is 0. The molecule has 2 aliphatic carbocycles. The number of nitrogens with two attached hydrogens (primary N) is 1. The fraction of sp³-hybridized carbons (Fsp3) is 0.167. The number of benzene rings is 2. The van der Waals surface area contributed by atoms with E-state index in [-0.39, 0.29) is 17.9 Å². The van der Waals surface area contributed by atoms with Crippen LogP contribution in [0.25, 0.3) is 34.1 Å². The molecule has 2 aliphatic rings. The molecule has 4 N–H and O–H groups in total. The Balaban J connectivity index is 1.12. The SMILES string of the molecule is Nc1ncccc1-c1nc2ccc(-n3cccn3)nc2n1-c1ccc2c(c1)CC[C@@H]2NC(=O)c1ccccc1NC(=O)C1=CCCC1. The van der Waals surface area contributed by atoms with Crippen LogP contribution in [0.4, 0.5) is 11.5 Å². The second-order valence-electron chi connectivity index (χ2n) is 11.7. The van der Waals surface area contributed by atoms with Gasteiger partial charge in [0.15, 0.2) is 17.3 Å². The summed E-state index contributed by atoms with van der Waals surface area (Å²) in [6, 6.07) is 22.6.